The zero-order valence-electron chi connectivity index (χ0n) is 8.73. The van der Waals surface area contributed by atoms with E-state index in [1.54, 1.807) is 6.08 Å². The number of hydrogen-bond acceptors (Lipinski definition) is 2. The van der Waals surface area contributed by atoms with Crippen molar-refractivity contribution in [1.82, 2.24) is 0 Å². The normalized spacial score (nSPS) is 25.6. The second kappa shape index (κ2) is 4.90. The van der Waals surface area contributed by atoms with Gasteiger partial charge in [0.2, 0.25) is 6.08 Å². The first-order valence-electron chi connectivity index (χ1n) is 5.54. The van der Waals surface area contributed by atoms with Crippen molar-refractivity contribution < 1.29 is 4.79 Å². The minimum absolute atomic E-state index is 0.152. The van der Waals surface area contributed by atoms with Crippen LogP contribution in [0.3, 0.4) is 0 Å². The Morgan fingerprint density at radius 3 is 2.60 bits per heavy atom. The fourth-order valence-electron chi connectivity index (χ4n) is 2.42. The second-order valence-corrected chi connectivity index (χ2v) is 4.09. The summed E-state index contributed by atoms with van der Waals surface area (Å²) < 4.78 is 0. The number of rotatable bonds is 2. The van der Waals surface area contributed by atoms with Gasteiger partial charge in [0.1, 0.15) is 0 Å². The molecule has 2 unspecified atom stereocenters. The summed E-state index contributed by atoms with van der Waals surface area (Å²) in [6.07, 6.45) is 6.29. The van der Waals surface area contributed by atoms with E-state index in [1.807, 2.05) is 18.2 Å². The third-order valence-electron chi connectivity index (χ3n) is 3.18. The summed E-state index contributed by atoms with van der Waals surface area (Å²) in [5.41, 5.74) is 1.31. The highest BCUT2D eigenvalue weighted by Gasteiger charge is 2.25. The number of hydrogen-bond donors (Lipinski definition) is 0. The Bertz CT molecular complexity index is 354. The largest absolute Gasteiger partial charge is 0.235 e. The van der Waals surface area contributed by atoms with Crippen molar-refractivity contribution in [3.8, 4) is 0 Å². The molecule has 0 radical (unpaired) electrons. The van der Waals surface area contributed by atoms with Gasteiger partial charge in [0, 0.05) is 5.92 Å². The summed E-state index contributed by atoms with van der Waals surface area (Å²) in [5, 5.41) is 0. The van der Waals surface area contributed by atoms with E-state index in [-0.39, 0.29) is 6.04 Å². The van der Waals surface area contributed by atoms with Crippen LogP contribution in [0, 0.1) is 0 Å². The van der Waals surface area contributed by atoms with Crippen molar-refractivity contribution in [2.45, 2.75) is 37.6 Å². The number of nitrogens with zero attached hydrogens (tertiary/aromatic N) is 1. The Hall–Kier alpha value is -1.40. The zero-order chi connectivity index (χ0) is 10.5. The van der Waals surface area contributed by atoms with Crippen LogP contribution in [0.2, 0.25) is 0 Å². The SMILES string of the molecule is O=C=NC1CCCCC1c1ccccc1. The Balaban J connectivity index is 2.21. The van der Waals surface area contributed by atoms with Gasteiger partial charge in [-0.3, -0.25) is 0 Å². The van der Waals surface area contributed by atoms with Crippen LogP contribution >= 0.6 is 0 Å². The van der Waals surface area contributed by atoms with Crippen LogP contribution in [0.5, 0.6) is 0 Å². The topological polar surface area (TPSA) is 29.4 Å². The van der Waals surface area contributed by atoms with Gasteiger partial charge >= 0.3 is 0 Å². The first kappa shape index (κ1) is 10.1. The highest BCUT2D eigenvalue weighted by Crippen LogP contribution is 2.34. The van der Waals surface area contributed by atoms with Crippen LogP contribution in [0.1, 0.15) is 37.2 Å². The lowest BCUT2D eigenvalue weighted by atomic mass is 9.80. The number of benzene rings is 1. The average Bonchev–Trinajstić information content (AvgIpc) is 2.31. The monoisotopic (exact) mass is 201 g/mol. The predicted molar refractivity (Wildman–Crippen MR) is 59.6 cm³/mol. The summed E-state index contributed by atoms with van der Waals surface area (Å²) in [4.78, 5) is 14.3. The Morgan fingerprint density at radius 1 is 1.13 bits per heavy atom. The van der Waals surface area contributed by atoms with E-state index in [2.05, 4.69) is 17.1 Å². The predicted octanol–water partition coefficient (Wildman–Crippen LogP) is 3.05. The van der Waals surface area contributed by atoms with Crippen molar-refractivity contribution in [1.29, 1.82) is 0 Å². The van der Waals surface area contributed by atoms with E-state index in [0.29, 0.717) is 5.92 Å². The summed E-state index contributed by atoms with van der Waals surface area (Å²) in [6.45, 7) is 0. The van der Waals surface area contributed by atoms with Crippen molar-refractivity contribution in [3.63, 3.8) is 0 Å². The third-order valence-corrected chi connectivity index (χ3v) is 3.18. The molecule has 2 heteroatoms. The van der Waals surface area contributed by atoms with Crippen molar-refractivity contribution in [3.05, 3.63) is 35.9 Å². The maximum absolute atomic E-state index is 10.4. The molecular weight excluding hydrogens is 186 g/mol. The van der Waals surface area contributed by atoms with Crippen molar-refractivity contribution in [2.75, 3.05) is 0 Å². The zero-order valence-corrected chi connectivity index (χ0v) is 8.73. The molecular formula is C13H15NO. The second-order valence-electron chi connectivity index (χ2n) is 4.09. The first-order valence-corrected chi connectivity index (χ1v) is 5.54. The Labute approximate surface area is 90.0 Å². The van der Waals surface area contributed by atoms with E-state index >= 15 is 0 Å². The quantitative estimate of drug-likeness (QED) is 0.534. The molecule has 0 saturated heterocycles. The molecule has 0 aliphatic heterocycles. The Morgan fingerprint density at radius 2 is 1.87 bits per heavy atom. The molecule has 1 aliphatic carbocycles. The summed E-state index contributed by atoms with van der Waals surface area (Å²) >= 11 is 0. The average molecular weight is 201 g/mol. The van der Waals surface area contributed by atoms with Crippen LogP contribution in [-0.2, 0) is 4.79 Å². The molecule has 0 spiro atoms. The number of carbonyl (C=O) groups excluding carboxylic acids is 1. The van der Waals surface area contributed by atoms with Crippen LogP contribution in [0.25, 0.3) is 0 Å². The van der Waals surface area contributed by atoms with Crippen molar-refractivity contribution >= 4 is 6.08 Å². The molecule has 1 aromatic rings. The van der Waals surface area contributed by atoms with Crippen LogP contribution in [0.4, 0.5) is 0 Å². The van der Waals surface area contributed by atoms with Crippen LogP contribution in [-0.4, -0.2) is 12.1 Å². The minimum Gasteiger partial charge on any atom is -0.211 e. The van der Waals surface area contributed by atoms with Crippen LogP contribution in [0.15, 0.2) is 35.3 Å². The van der Waals surface area contributed by atoms with Gasteiger partial charge in [-0.15, -0.1) is 0 Å². The van der Waals surface area contributed by atoms with E-state index in [0.717, 1.165) is 12.8 Å². The molecule has 78 valence electrons. The molecule has 2 atom stereocenters. The maximum atomic E-state index is 10.4. The highest BCUT2D eigenvalue weighted by atomic mass is 16.1. The van der Waals surface area contributed by atoms with Gasteiger partial charge in [0.25, 0.3) is 0 Å². The van der Waals surface area contributed by atoms with Gasteiger partial charge < -0.3 is 0 Å². The molecule has 2 nitrogen and oxygen atoms in total. The molecule has 0 N–H and O–H groups in total. The minimum atomic E-state index is 0.152. The van der Waals surface area contributed by atoms with E-state index in [4.69, 9.17) is 0 Å². The molecule has 1 saturated carbocycles. The summed E-state index contributed by atoms with van der Waals surface area (Å²) in [6, 6.07) is 10.5. The van der Waals surface area contributed by atoms with Crippen molar-refractivity contribution in [2.24, 2.45) is 4.99 Å². The molecule has 0 amide bonds. The lowest BCUT2D eigenvalue weighted by molar-refractivity contribution is 0.385. The smallest absolute Gasteiger partial charge is 0.211 e. The third kappa shape index (κ3) is 2.34. The van der Waals surface area contributed by atoms with Gasteiger partial charge in [-0.25, -0.2) is 9.79 Å². The first-order chi connectivity index (χ1) is 7.42. The standard InChI is InChI=1S/C13H15NO/c15-10-14-13-9-5-4-8-12(13)11-6-2-1-3-7-11/h1-3,6-7,12-13H,4-5,8-9H2. The number of isocyanates is 1. The molecule has 1 aliphatic rings. The van der Waals surface area contributed by atoms with Gasteiger partial charge in [-0.05, 0) is 18.4 Å². The van der Waals surface area contributed by atoms with E-state index < -0.39 is 0 Å². The maximum Gasteiger partial charge on any atom is 0.235 e. The van der Waals surface area contributed by atoms with Crippen LogP contribution < -0.4 is 0 Å². The molecule has 1 fully saturated rings. The molecule has 1 aromatic carbocycles. The number of aliphatic imine (C=N–C) groups is 1. The molecule has 0 bridgehead atoms. The van der Waals surface area contributed by atoms with Gasteiger partial charge in [-0.1, -0.05) is 43.2 Å². The summed E-state index contributed by atoms with van der Waals surface area (Å²) in [5.74, 6) is 0.418. The van der Waals surface area contributed by atoms with Gasteiger partial charge in [0.15, 0.2) is 0 Å². The molecule has 0 aromatic heterocycles. The fourth-order valence-corrected chi connectivity index (χ4v) is 2.42. The Kier molecular flexibility index (Phi) is 3.31. The lowest BCUT2D eigenvalue weighted by Crippen LogP contribution is -2.21. The summed E-state index contributed by atoms with van der Waals surface area (Å²) in [7, 11) is 0. The molecule has 2 rings (SSSR count). The lowest BCUT2D eigenvalue weighted by Gasteiger charge is -2.27. The highest BCUT2D eigenvalue weighted by molar-refractivity contribution is 5.35. The van der Waals surface area contributed by atoms with Gasteiger partial charge in [-0.2, -0.15) is 0 Å². The van der Waals surface area contributed by atoms with E-state index in [1.165, 1.54) is 18.4 Å². The fraction of sp³-hybridized carbons (Fsp3) is 0.462. The molecule has 0 heterocycles. The van der Waals surface area contributed by atoms with Gasteiger partial charge in [0.05, 0.1) is 6.04 Å². The van der Waals surface area contributed by atoms with E-state index in [9.17, 15) is 4.79 Å². The molecule has 15 heavy (non-hydrogen) atoms.